The number of piperazine rings is 1. The van der Waals surface area contributed by atoms with Crippen molar-refractivity contribution >= 4 is 27.8 Å². The molecule has 1 aliphatic heterocycles. The van der Waals surface area contributed by atoms with Gasteiger partial charge in [0.05, 0.1) is 24.3 Å². The van der Waals surface area contributed by atoms with Crippen molar-refractivity contribution < 1.29 is 4.74 Å². The molecule has 0 unspecified atom stereocenters. The Morgan fingerprint density at radius 2 is 2.23 bits per heavy atom. The average Bonchev–Trinajstić information content (AvgIpc) is 2.56. The Bertz CT molecular complexity index is 577. The van der Waals surface area contributed by atoms with Crippen LogP contribution in [0.4, 0.5) is 5.95 Å². The van der Waals surface area contributed by atoms with E-state index in [1.54, 1.807) is 20.4 Å². The summed E-state index contributed by atoms with van der Waals surface area (Å²) in [5.74, 6) is 4.60. The topological polar surface area (TPSA) is 65.9 Å². The van der Waals surface area contributed by atoms with Gasteiger partial charge in [-0.15, -0.1) is 6.42 Å². The monoisotopic (exact) mass is 366 g/mol. The fourth-order valence-corrected chi connectivity index (χ4v) is 2.57. The number of anilines is 1. The van der Waals surface area contributed by atoms with Crippen LogP contribution >= 0.6 is 15.9 Å². The average molecular weight is 367 g/mol. The number of rotatable bonds is 3. The first kappa shape index (κ1) is 16.4. The quantitative estimate of drug-likeness (QED) is 0.479. The molecule has 0 spiro atoms. The largest absolute Gasteiger partial charge is 0.480 e. The number of hydrogen-bond donors (Lipinski definition) is 1. The molecule has 1 fully saturated rings. The number of halogens is 1. The molecule has 0 saturated carbocycles. The number of hydrogen-bond acceptors (Lipinski definition) is 5. The van der Waals surface area contributed by atoms with E-state index in [0.717, 1.165) is 36.6 Å². The van der Waals surface area contributed by atoms with E-state index in [1.807, 2.05) is 0 Å². The second kappa shape index (κ2) is 7.84. The van der Waals surface area contributed by atoms with Gasteiger partial charge in [0, 0.05) is 33.2 Å². The first-order valence-corrected chi connectivity index (χ1v) is 7.69. The summed E-state index contributed by atoms with van der Waals surface area (Å²) in [6.45, 7) is 3.74. The van der Waals surface area contributed by atoms with E-state index in [9.17, 15) is 0 Å². The number of aromatic nitrogens is 2. The van der Waals surface area contributed by atoms with Gasteiger partial charge in [-0.05, 0) is 15.9 Å². The molecule has 0 radical (unpaired) electrons. The molecule has 0 bridgehead atoms. The van der Waals surface area contributed by atoms with Gasteiger partial charge >= 0.3 is 0 Å². The summed E-state index contributed by atoms with van der Waals surface area (Å²) < 4.78 is 5.96. The van der Waals surface area contributed by atoms with Gasteiger partial charge in [0.25, 0.3) is 0 Å². The van der Waals surface area contributed by atoms with Crippen molar-refractivity contribution in [2.45, 2.75) is 0 Å². The molecular formula is C14H19BrN6O. The van der Waals surface area contributed by atoms with Crippen LogP contribution in [0.2, 0.25) is 0 Å². The van der Waals surface area contributed by atoms with Crippen LogP contribution in [0.3, 0.4) is 0 Å². The normalized spacial score (nSPS) is 15.5. The van der Waals surface area contributed by atoms with Gasteiger partial charge in [-0.25, -0.2) is 4.98 Å². The summed E-state index contributed by atoms with van der Waals surface area (Å²) in [6, 6.07) is 0. The van der Waals surface area contributed by atoms with Gasteiger partial charge in [-0.1, -0.05) is 5.92 Å². The second-order valence-electron chi connectivity index (χ2n) is 4.61. The summed E-state index contributed by atoms with van der Waals surface area (Å²) in [5.41, 5.74) is 0. The van der Waals surface area contributed by atoms with Gasteiger partial charge < -0.3 is 19.9 Å². The lowest BCUT2D eigenvalue weighted by Crippen LogP contribution is -2.53. The molecule has 0 aromatic carbocycles. The molecule has 118 valence electrons. The third kappa shape index (κ3) is 3.80. The molecule has 2 heterocycles. The van der Waals surface area contributed by atoms with Crippen LogP contribution in [0, 0.1) is 12.3 Å². The summed E-state index contributed by atoms with van der Waals surface area (Å²) in [4.78, 5) is 17.3. The smallest absolute Gasteiger partial charge is 0.232 e. The molecule has 8 heteroatoms. The number of nitrogens with one attached hydrogen (secondary N) is 1. The van der Waals surface area contributed by atoms with E-state index in [4.69, 9.17) is 11.2 Å². The van der Waals surface area contributed by atoms with E-state index in [1.165, 1.54) is 0 Å². The van der Waals surface area contributed by atoms with Gasteiger partial charge in [-0.3, -0.25) is 4.99 Å². The van der Waals surface area contributed by atoms with E-state index in [0.29, 0.717) is 18.4 Å². The van der Waals surface area contributed by atoms with Crippen LogP contribution in [0.25, 0.3) is 0 Å². The molecule has 1 aromatic heterocycles. The zero-order chi connectivity index (χ0) is 15.9. The lowest BCUT2D eigenvalue weighted by Gasteiger charge is -2.36. The highest BCUT2D eigenvalue weighted by Crippen LogP contribution is 2.23. The Hall–Kier alpha value is -2.01. The van der Waals surface area contributed by atoms with Crippen LogP contribution in [0.1, 0.15) is 0 Å². The number of methoxy groups -OCH3 is 1. The summed E-state index contributed by atoms with van der Waals surface area (Å²) >= 11 is 3.36. The van der Waals surface area contributed by atoms with Gasteiger partial charge in [0.2, 0.25) is 11.8 Å². The van der Waals surface area contributed by atoms with Crippen molar-refractivity contribution in [3.8, 4) is 18.2 Å². The second-order valence-corrected chi connectivity index (χ2v) is 5.46. The van der Waals surface area contributed by atoms with Crippen molar-refractivity contribution in [3.05, 3.63) is 10.7 Å². The highest BCUT2D eigenvalue weighted by Gasteiger charge is 2.21. The molecule has 0 aliphatic carbocycles. The van der Waals surface area contributed by atoms with Crippen molar-refractivity contribution in [1.82, 2.24) is 20.2 Å². The highest BCUT2D eigenvalue weighted by atomic mass is 79.9. The molecule has 0 amide bonds. The molecule has 1 aromatic rings. The lowest BCUT2D eigenvalue weighted by molar-refractivity contribution is 0.367. The molecule has 22 heavy (non-hydrogen) atoms. The zero-order valence-corrected chi connectivity index (χ0v) is 14.3. The van der Waals surface area contributed by atoms with Crippen LogP contribution in [-0.2, 0) is 0 Å². The van der Waals surface area contributed by atoms with Crippen LogP contribution in [0.15, 0.2) is 15.7 Å². The third-order valence-electron chi connectivity index (χ3n) is 3.31. The van der Waals surface area contributed by atoms with E-state index >= 15 is 0 Å². The Balaban J connectivity index is 1.98. The maximum absolute atomic E-state index is 5.27. The molecule has 1 aliphatic rings. The minimum absolute atomic E-state index is 0.472. The van der Waals surface area contributed by atoms with Crippen LogP contribution < -0.4 is 15.0 Å². The lowest BCUT2D eigenvalue weighted by atomic mass is 10.3. The Morgan fingerprint density at radius 3 is 2.82 bits per heavy atom. The number of guanidine groups is 1. The highest BCUT2D eigenvalue weighted by molar-refractivity contribution is 9.10. The third-order valence-corrected chi connectivity index (χ3v) is 3.86. The number of terminal acetylenes is 1. The van der Waals surface area contributed by atoms with Crippen molar-refractivity contribution in [2.24, 2.45) is 4.99 Å². The molecule has 0 atom stereocenters. The molecule has 1 N–H and O–H groups in total. The molecule has 1 saturated heterocycles. The predicted octanol–water partition coefficient (Wildman–Crippen LogP) is 0.578. The maximum atomic E-state index is 5.27. The van der Waals surface area contributed by atoms with Gasteiger partial charge in [-0.2, -0.15) is 4.98 Å². The minimum atomic E-state index is 0.472. The van der Waals surface area contributed by atoms with Crippen molar-refractivity contribution in [3.63, 3.8) is 0 Å². The fourth-order valence-electron chi connectivity index (χ4n) is 2.22. The Morgan fingerprint density at radius 1 is 1.50 bits per heavy atom. The minimum Gasteiger partial charge on any atom is -0.480 e. The summed E-state index contributed by atoms with van der Waals surface area (Å²) in [6.07, 6.45) is 6.98. The Labute approximate surface area is 138 Å². The number of aliphatic imine (C=N–C) groups is 1. The SMILES string of the molecule is C#CCNC(=NC)N1CCN(c2ncc(Br)c(OC)n2)CC1. The zero-order valence-electron chi connectivity index (χ0n) is 12.7. The van der Waals surface area contributed by atoms with Crippen LogP contribution in [-0.4, -0.2) is 67.7 Å². The van der Waals surface area contributed by atoms with E-state index in [-0.39, 0.29) is 0 Å². The molecule has 7 nitrogen and oxygen atoms in total. The first-order valence-electron chi connectivity index (χ1n) is 6.90. The summed E-state index contributed by atoms with van der Waals surface area (Å²) in [7, 11) is 3.35. The number of ether oxygens (including phenoxy) is 1. The molecule has 2 rings (SSSR count). The van der Waals surface area contributed by atoms with Gasteiger partial charge in [0.1, 0.15) is 0 Å². The van der Waals surface area contributed by atoms with Crippen LogP contribution in [0.5, 0.6) is 5.88 Å². The first-order chi connectivity index (χ1) is 10.7. The standard InChI is InChI=1S/C14H19BrN6O/c1-4-5-17-13(16-2)20-6-8-21(9-7-20)14-18-10-11(15)12(19-14)22-3/h1,10H,5-9H2,2-3H3,(H,16,17). The fraction of sp³-hybridized carbons (Fsp3) is 0.500. The van der Waals surface area contributed by atoms with E-state index in [2.05, 4.69) is 51.9 Å². The molecular weight excluding hydrogens is 348 g/mol. The van der Waals surface area contributed by atoms with Crippen molar-refractivity contribution in [1.29, 1.82) is 0 Å². The van der Waals surface area contributed by atoms with E-state index < -0.39 is 0 Å². The van der Waals surface area contributed by atoms with Crippen molar-refractivity contribution in [2.75, 3.05) is 51.8 Å². The summed E-state index contributed by atoms with van der Waals surface area (Å²) in [5, 5.41) is 3.13. The number of nitrogens with zero attached hydrogens (tertiary/aromatic N) is 5. The maximum Gasteiger partial charge on any atom is 0.232 e. The van der Waals surface area contributed by atoms with Gasteiger partial charge in [0.15, 0.2) is 5.96 Å². The Kier molecular flexibility index (Phi) is 5.83. The predicted molar refractivity (Wildman–Crippen MR) is 90.3 cm³/mol.